The molecule has 0 saturated carbocycles. The van der Waals surface area contributed by atoms with Gasteiger partial charge in [0.15, 0.2) is 5.82 Å². The molecular formula is C19H19F3N6O. The molecule has 0 saturated heterocycles. The summed E-state index contributed by atoms with van der Waals surface area (Å²) in [7, 11) is 0. The maximum atomic E-state index is 13.2. The summed E-state index contributed by atoms with van der Waals surface area (Å²) in [6, 6.07) is 4.41. The van der Waals surface area contributed by atoms with Gasteiger partial charge in [0.05, 0.1) is 11.6 Å². The largest absolute Gasteiger partial charge is 0.416 e. The average Bonchev–Trinajstić information content (AvgIpc) is 3.17. The van der Waals surface area contributed by atoms with Crippen molar-refractivity contribution >= 4 is 5.91 Å². The minimum Gasteiger partial charge on any atom is -0.329 e. The molecule has 0 fully saturated rings. The van der Waals surface area contributed by atoms with Gasteiger partial charge in [0.2, 0.25) is 0 Å². The normalized spacial score (nSPS) is 12.6. The van der Waals surface area contributed by atoms with Crippen molar-refractivity contribution in [1.29, 1.82) is 0 Å². The van der Waals surface area contributed by atoms with E-state index in [4.69, 9.17) is 0 Å². The van der Waals surface area contributed by atoms with Crippen molar-refractivity contribution in [1.82, 2.24) is 29.6 Å². The van der Waals surface area contributed by atoms with Gasteiger partial charge in [-0.1, -0.05) is 0 Å². The number of hydrogen-bond acceptors (Lipinski definition) is 5. The third-order valence-electron chi connectivity index (χ3n) is 4.41. The average molecular weight is 404 g/mol. The Labute approximate surface area is 165 Å². The molecule has 1 aromatic carbocycles. The summed E-state index contributed by atoms with van der Waals surface area (Å²) in [6.07, 6.45) is -0.122. The molecule has 1 amide bonds. The molecule has 0 bridgehead atoms. The van der Waals surface area contributed by atoms with Gasteiger partial charge in [-0.05, 0) is 50.6 Å². The van der Waals surface area contributed by atoms with Crippen LogP contribution in [0.1, 0.15) is 47.2 Å². The fourth-order valence-corrected chi connectivity index (χ4v) is 3.06. The number of hydrogen-bond donors (Lipinski definition) is 0. The fraction of sp³-hybridized carbons (Fsp3) is 0.316. The van der Waals surface area contributed by atoms with Crippen LogP contribution in [0.5, 0.6) is 0 Å². The van der Waals surface area contributed by atoms with Crippen molar-refractivity contribution in [2.24, 2.45) is 0 Å². The van der Waals surface area contributed by atoms with E-state index in [-0.39, 0.29) is 18.1 Å². The van der Waals surface area contributed by atoms with Crippen LogP contribution in [0.3, 0.4) is 0 Å². The van der Waals surface area contributed by atoms with Gasteiger partial charge < -0.3 is 4.90 Å². The van der Waals surface area contributed by atoms with Crippen LogP contribution in [0.25, 0.3) is 5.95 Å². The van der Waals surface area contributed by atoms with Gasteiger partial charge >= 0.3 is 6.18 Å². The van der Waals surface area contributed by atoms with Gasteiger partial charge in [0, 0.05) is 24.5 Å². The van der Waals surface area contributed by atoms with E-state index in [2.05, 4.69) is 20.1 Å². The SMILES string of the molecule is CCN(C(=O)c1cc(C)cc(C(F)(F)F)c1)C(C)c1ncnn1-c1ncccn1. The maximum absolute atomic E-state index is 13.2. The molecule has 0 aliphatic rings. The summed E-state index contributed by atoms with van der Waals surface area (Å²) in [5, 5.41) is 4.11. The van der Waals surface area contributed by atoms with Crippen LogP contribution in [0, 0.1) is 6.92 Å². The number of alkyl halides is 3. The number of rotatable bonds is 5. The first kappa shape index (κ1) is 20.4. The standard InChI is InChI=1S/C19H19F3N6O/c1-4-27(17(29)14-8-12(2)9-15(10-14)19(20,21)22)13(3)16-25-11-26-28(16)18-23-6-5-7-24-18/h5-11,13H,4H2,1-3H3. The number of nitrogens with zero attached hydrogens (tertiary/aromatic N) is 6. The van der Waals surface area contributed by atoms with Gasteiger partial charge in [0.1, 0.15) is 6.33 Å². The van der Waals surface area contributed by atoms with Crippen LogP contribution in [-0.4, -0.2) is 42.1 Å². The van der Waals surface area contributed by atoms with Gasteiger partial charge in [-0.3, -0.25) is 4.79 Å². The second kappa shape index (κ2) is 7.98. The van der Waals surface area contributed by atoms with Gasteiger partial charge in [-0.25, -0.2) is 15.0 Å². The monoisotopic (exact) mass is 404 g/mol. The minimum atomic E-state index is -4.53. The van der Waals surface area contributed by atoms with Crippen LogP contribution < -0.4 is 0 Å². The zero-order chi connectivity index (χ0) is 21.2. The van der Waals surface area contributed by atoms with Gasteiger partial charge in [-0.15, -0.1) is 0 Å². The van der Waals surface area contributed by atoms with E-state index in [0.717, 1.165) is 12.1 Å². The summed E-state index contributed by atoms with van der Waals surface area (Å²) in [6.45, 7) is 5.26. The number of aromatic nitrogens is 5. The van der Waals surface area contributed by atoms with Crippen LogP contribution >= 0.6 is 0 Å². The molecule has 29 heavy (non-hydrogen) atoms. The zero-order valence-corrected chi connectivity index (χ0v) is 16.1. The van der Waals surface area contributed by atoms with Crippen molar-refractivity contribution in [2.75, 3.05) is 6.54 Å². The molecule has 0 spiro atoms. The van der Waals surface area contributed by atoms with Crippen molar-refractivity contribution in [3.05, 3.63) is 65.5 Å². The maximum Gasteiger partial charge on any atom is 0.416 e. The molecule has 1 unspecified atom stereocenters. The fourth-order valence-electron chi connectivity index (χ4n) is 3.06. The first-order valence-electron chi connectivity index (χ1n) is 8.89. The number of halogens is 3. The Hall–Kier alpha value is -3.30. The van der Waals surface area contributed by atoms with E-state index in [9.17, 15) is 18.0 Å². The van der Waals surface area contributed by atoms with Crippen LogP contribution in [0.4, 0.5) is 13.2 Å². The summed E-state index contributed by atoms with van der Waals surface area (Å²) >= 11 is 0. The molecule has 1 atom stereocenters. The van der Waals surface area contributed by atoms with E-state index >= 15 is 0 Å². The molecule has 3 aromatic rings. The molecule has 152 valence electrons. The lowest BCUT2D eigenvalue weighted by molar-refractivity contribution is -0.137. The van der Waals surface area contributed by atoms with Crippen LogP contribution in [0.2, 0.25) is 0 Å². The second-order valence-electron chi connectivity index (χ2n) is 6.43. The molecule has 7 nitrogen and oxygen atoms in total. The Balaban J connectivity index is 1.96. The molecule has 10 heteroatoms. The summed E-state index contributed by atoms with van der Waals surface area (Å²) in [5.74, 6) is 0.151. The van der Waals surface area contributed by atoms with Gasteiger partial charge in [-0.2, -0.15) is 23.0 Å². The van der Waals surface area contributed by atoms with E-state index < -0.39 is 23.7 Å². The van der Waals surface area contributed by atoms with Crippen molar-refractivity contribution in [2.45, 2.75) is 33.0 Å². The summed E-state index contributed by atoms with van der Waals surface area (Å²) in [4.78, 5) is 26.9. The Morgan fingerprint density at radius 3 is 2.48 bits per heavy atom. The van der Waals surface area contributed by atoms with E-state index in [1.54, 1.807) is 32.3 Å². The number of carbonyl (C=O) groups is 1. The highest BCUT2D eigenvalue weighted by molar-refractivity contribution is 5.95. The molecule has 0 aliphatic carbocycles. The smallest absolute Gasteiger partial charge is 0.329 e. The quantitative estimate of drug-likeness (QED) is 0.649. The Bertz CT molecular complexity index is 1000. The molecule has 2 heterocycles. The highest BCUT2D eigenvalue weighted by Gasteiger charge is 2.33. The molecular weight excluding hydrogens is 385 g/mol. The van der Waals surface area contributed by atoms with Crippen LogP contribution in [0.15, 0.2) is 43.0 Å². The third-order valence-corrected chi connectivity index (χ3v) is 4.41. The first-order valence-corrected chi connectivity index (χ1v) is 8.89. The lowest BCUT2D eigenvalue weighted by Gasteiger charge is -2.28. The molecule has 0 aliphatic heterocycles. The van der Waals surface area contributed by atoms with E-state index in [1.807, 2.05) is 0 Å². The predicted octanol–water partition coefficient (Wildman–Crippen LogP) is 3.61. The minimum absolute atomic E-state index is 0.0342. The molecule has 0 N–H and O–H groups in total. The van der Waals surface area contributed by atoms with Crippen molar-refractivity contribution in [3.63, 3.8) is 0 Å². The predicted molar refractivity (Wildman–Crippen MR) is 98.3 cm³/mol. The highest BCUT2D eigenvalue weighted by Crippen LogP contribution is 2.31. The van der Waals surface area contributed by atoms with Crippen molar-refractivity contribution in [3.8, 4) is 5.95 Å². The number of aryl methyl sites for hydroxylation is 1. The van der Waals surface area contributed by atoms with Crippen LogP contribution in [-0.2, 0) is 6.18 Å². The Kier molecular flexibility index (Phi) is 5.62. The first-order chi connectivity index (χ1) is 13.7. The Morgan fingerprint density at radius 2 is 1.86 bits per heavy atom. The third kappa shape index (κ3) is 4.25. The lowest BCUT2D eigenvalue weighted by Crippen LogP contribution is -2.35. The number of carbonyl (C=O) groups excluding carboxylic acids is 1. The molecule has 3 rings (SSSR count). The molecule has 2 aromatic heterocycles. The molecule has 0 radical (unpaired) electrons. The van der Waals surface area contributed by atoms with E-state index in [1.165, 1.54) is 28.9 Å². The van der Waals surface area contributed by atoms with E-state index in [0.29, 0.717) is 11.4 Å². The van der Waals surface area contributed by atoms with Gasteiger partial charge in [0.25, 0.3) is 11.9 Å². The second-order valence-corrected chi connectivity index (χ2v) is 6.43. The summed E-state index contributed by atoms with van der Waals surface area (Å²) in [5.41, 5.74) is -0.536. The number of amides is 1. The number of benzene rings is 1. The van der Waals surface area contributed by atoms with Crippen molar-refractivity contribution < 1.29 is 18.0 Å². The summed E-state index contributed by atoms with van der Waals surface area (Å²) < 4.78 is 40.9. The Morgan fingerprint density at radius 1 is 1.17 bits per heavy atom. The lowest BCUT2D eigenvalue weighted by atomic mass is 10.0. The zero-order valence-electron chi connectivity index (χ0n) is 16.1. The topological polar surface area (TPSA) is 76.8 Å². The highest BCUT2D eigenvalue weighted by atomic mass is 19.4.